The number of rotatable bonds is 12. The molecule has 0 fully saturated rings. The van der Waals surface area contributed by atoms with E-state index in [1.54, 1.807) is 68.6 Å². The predicted molar refractivity (Wildman–Crippen MR) is 149 cm³/mol. The van der Waals surface area contributed by atoms with Gasteiger partial charge in [-0.05, 0) is 67.4 Å². The molecule has 2 amide bonds. The highest BCUT2D eigenvalue weighted by Gasteiger charge is 2.32. The van der Waals surface area contributed by atoms with Crippen molar-refractivity contribution in [2.45, 2.75) is 37.8 Å². The Morgan fingerprint density at radius 1 is 0.974 bits per heavy atom. The molecule has 0 aliphatic heterocycles. The first kappa shape index (κ1) is 29.0. The molecule has 1 N–H and O–H groups in total. The third-order valence-electron chi connectivity index (χ3n) is 5.95. The van der Waals surface area contributed by atoms with Gasteiger partial charge in [0.1, 0.15) is 18.3 Å². The van der Waals surface area contributed by atoms with Gasteiger partial charge < -0.3 is 15.0 Å². The number of amides is 2. The monoisotopic (exact) mass is 557 g/mol. The molecule has 3 aromatic carbocycles. The van der Waals surface area contributed by atoms with Crippen molar-refractivity contribution in [3.63, 3.8) is 0 Å². The van der Waals surface area contributed by atoms with Crippen molar-refractivity contribution in [1.82, 2.24) is 10.2 Å². The number of para-hydroxylation sites is 1. The van der Waals surface area contributed by atoms with E-state index in [9.17, 15) is 18.0 Å². The number of carbonyl (C=O) groups excluding carboxylic acids is 2. The lowest BCUT2D eigenvalue weighted by Gasteiger charge is -2.32. The van der Waals surface area contributed by atoms with Crippen molar-refractivity contribution in [1.29, 1.82) is 0 Å². The largest absolute Gasteiger partial charge is 0.497 e. The van der Waals surface area contributed by atoms with Crippen molar-refractivity contribution in [3.8, 4) is 5.75 Å². The molecule has 10 heteroatoms. The maximum absolute atomic E-state index is 13.8. The lowest BCUT2D eigenvalue weighted by Crippen LogP contribution is -2.51. The Bertz CT molecular complexity index is 1320. The molecule has 8 nitrogen and oxygen atoms in total. The summed E-state index contributed by atoms with van der Waals surface area (Å²) in [6, 6.07) is 20.4. The van der Waals surface area contributed by atoms with Gasteiger partial charge >= 0.3 is 0 Å². The molecule has 0 bridgehead atoms. The van der Waals surface area contributed by atoms with Gasteiger partial charge in [0.2, 0.25) is 11.8 Å². The Balaban J connectivity index is 1.98. The number of ether oxygens (including phenoxy) is 1. The van der Waals surface area contributed by atoms with Crippen LogP contribution in [0.25, 0.3) is 0 Å². The van der Waals surface area contributed by atoms with E-state index in [-0.39, 0.29) is 17.3 Å². The highest BCUT2D eigenvalue weighted by molar-refractivity contribution is 7.92. The summed E-state index contributed by atoms with van der Waals surface area (Å²) in [4.78, 5) is 28.1. The molecular weight excluding hydrogens is 526 g/mol. The number of nitrogens with one attached hydrogen (secondary N) is 1. The van der Waals surface area contributed by atoms with Gasteiger partial charge in [-0.1, -0.05) is 48.9 Å². The number of sulfonamides is 1. The molecule has 0 unspecified atom stereocenters. The fraction of sp³-hybridized carbons (Fsp3) is 0.286. The van der Waals surface area contributed by atoms with Gasteiger partial charge in [-0.3, -0.25) is 13.9 Å². The van der Waals surface area contributed by atoms with Crippen LogP contribution in [-0.2, 0) is 26.2 Å². The molecule has 0 saturated heterocycles. The van der Waals surface area contributed by atoms with Crippen LogP contribution in [0.15, 0.2) is 83.8 Å². The summed E-state index contributed by atoms with van der Waals surface area (Å²) in [5, 5.41) is 3.21. The number of carbonyl (C=O) groups is 2. The summed E-state index contributed by atoms with van der Waals surface area (Å²) >= 11 is 5.97. The third kappa shape index (κ3) is 7.26. The number of hydrogen-bond acceptors (Lipinski definition) is 5. The first-order valence-corrected chi connectivity index (χ1v) is 14.0. The van der Waals surface area contributed by atoms with Gasteiger partial charge in [0.15, 0.2) is 0 Å². The molecule has 0 aliphatic rings. The van der Waals surface area contributed by atoms with Crippen LogP contribution >= 0.6 is 11.6 Å². The first-order chi connectivity index (χ1) is 18.2. The summed E-state index contributed by atoms with van der Waals surface area (Å²) in [6.45, 7) is 3.63. The smallest absolute Gasteiger partial charge is 0.264 e. The minimum Gasteiger partial charge on any atom is -0.497 e. The average Bonchev–Trinajstić information content (AvgIpc) is 2.93. The van der Waals surface area contributed by atoms with E-state index in [0.29, 0.717) is 23.0 Å². The second kappa shape index (κ2) is 13.3. The van der Waals surface area contributed by atoms with Gasteiger partial charge in [0.05, 0.1) is 17.7 Å². The van der Waals surface area contributed by atoms with Crippen molar-refractivity contribution < 1.29 is 22.7 Å². The minimum atomic E-state index is -4.13. The Labute approximate surface area is 229 Å². The number of hydrogen-bond donors (Lipinski definition) is 1. The first-order valence-electron chi connectivity index (χ1n) is 12.2. The van der Waals surface area contributed by atoms with E-state index in [1.807, 2.05) is 6.92 Å². The zero-order valence-corrected chi connectivity index (χ0v) is 23.2. The number of nitrogens with zero attached hydrogens (tertiary/aromatic N) is 2. The predicted octanol–water partition coefficient (Wildman–Crippen LogP) is 4.49. The van der Waals surface area contributed by atoms with Gasteiger partial charge in [0, 0.05) is 18.1 Å². The molecule has 0 aromatic heterocycles. The summed E-state index contributed by atoms with van der Waals surface area (Å²) < 4.78 is 33.7. The van der Waals surface area contributed by atoms with Crippen LogP contribution in [0.1, 0.15) is 25.8 Å². The quantitative estimate of drug-likeness (QED) is 0.354. The summed E-state index contributed by atoms with van der Waals surface area (Å²) in [6.07, 6.45) is 0.742. The minimum absolute atomic E-state index is 0.00556. The maximum Gasteiger partial charge on any atom is 0.264 e. The van der Waals surface area contributed by atoms with Crippen LogP contribution in [0.2, 0.25) is 5.02 Å². The number of methoxy groups -OCH3 is 1. The molecule has 0 saturated carbocycles. The van der Waals surface area contributed by atoms with E-state index in [4.69, 9.17) is 16.3 Å². The zero-order chi connectivity index (χ0) is 27.7. The molecule has 38 heavy (non-hydrogen) atoms. The van der Waals surface area contributed by atoms with Gasteiger partial charge in [-0.15, -0.1) is 0 Å². The number of halogens is 1. The maximum atomic E-state index is 13.8. The van der Waals surface area contributed by atoms with Crippen molar-refractivity contribution in [3.05, 3.63) is 89.4 Å². The summed E-state index contributed by atoms with van der Waals surface area (Å²) in [7, 11) is -2.57. The normalized spacial score (nSPS) is 11.9. The average molecular weight is 558 g/mol. The molecule has 0 aliphatic carbocycles. The highest BCUT2D eigenvalue weighted by atomic mass is 35.5. The molecule has 202 valence electrons. The van der Waals surface area contributed by atoms with E-state index in [2.05, 4.69) is 5.32 Å². The van der Waals surface area contributed by atoms with Crippen LogP contribution in [0, 0.1) is 0 Å². The van der Waals surface area contributed by atoms with Gasteiger partial charge in [-0.25, -0.2) is 8.42 Å². The van der Waals surface area contributed by atoms with Gasteiger partial charge in [0.25, 0.3) is 10.0 Å². The lowest BCUT2D eigenvalue weighted by atomic mass is 10.1. The van der Waals surface area contributed by atoms with E-state index < -0.39 is 28.5 Å². The highest BCUT2D eigenvalue weighted by Crippen LogP contribution is 2.25. The number of benzene rings is 3. The molecular formula is C28H32ClN3O5S. The standard InChI is InChI=1S/C28H32ClN3O5S/c1-4-18-30-28(34)21(2)31(19-22-10-14-25(37-3)15-11-22)27(33)20-32(24-8-6-5-7-9-24)38(35,36)26-16-12-23(29)13-17-26/h5-17,21H,4,18-20H2,1-3H3,(H,30,34)/t21-/m1/s1. The van der Waals surface area contributed by atoms with Gasteiger partial charge in [-0.2, -0.15) is 0 Å². The molecule has 3 aromatic rings. The Morgan fingerprint density at radius 2 is 1.61 bits per heavy atom. The zero-order valence-electron chi connectivity index (χ0n) is 21.6. The second-order valence-corrected chi connectivity index (χ2v) is 10.9. The molecule has 0 spiro atoms. The SMILES string of the molecule is CCCNC(=O)[C@@H](C)N(Cc1ccc(OC)cc1)C(=O)CN(c1ccccc1)S(=O)(=O)c1ccc(Cl)cc1. The molecule has 0 radical (unpaired) electrons. The molecule has 3 rings (SSSR count). The third-order valence-corrected chi connectivity index (χ3v) is 7.99. The fourth-order valence-electron chi connectivity index (χ4n) is 3.76. The van der Waals surface area contributed by atoms with E-state index >= 15 is 0 Å². The fourth-order valence-corrected chi connectivity index (χ4v) is 5.30. The molecule has 1 atom stereocenters. The Morgan fingerprint density at radius 3 is 2.18 bits per heavy atom. The van der Waals surface area contributed by atoms with Crippen molar-refractivity contribution in [2.75, 3.05) is 24.5 Å². The van der Waals surface area contributed by atoms with Crippen molar-refractivity contribution in [2.24, 2.45) is 0 Å². The molecule has 0 heterocycles. The van der Waals surface area contributed by atoms with E-state index in [0.717, 1.165) is 16.3 Å². The van der Waals surface area contributed by atoms with Crippen LogP contribution < -0.4 is 14.4 Å². The van der Waals surface area contributed by atoms with Crippen LogP contribution in [0.4, 0.5) is 5.69 Å². The van der Waals surface area contributed by atoms with Crippen LogP contribution in [0.5, 0.6) is 5.75 Å². The second-order valence-electron chi connectivity index (χ2n) is 8.64. The number of anilines is 1. The topological polar surface area (TPSA) is 96.0 Å². The van der Waals surface area contributed by atoms with Crippen LogP contribution in [0.3, 0.4) is 0 Å². The Hall–Kier alpha value is -3.56. The summed E-state index contributed by atoms with van der Waals surface area (Å²) in [5.74, 6) is -0.188. The van der Waals surface area contributed by atoms with E-state index in [1.165, 1.54) is 29.2 Å². The summed E-state index contributed by atoms with van der Waals surface area (Å²) in [5.41, 5.74) is 1.09. The van der Waals surface area contributed by atoms with Crippen molar-refractivity contribution >= 4 is 39.1 Å². The Kier molecular flexibility index (Phi) is 10.2. The lowest BCUT2D eigenvalue weighted by molar-refractivity contribution is -0.139. The van der Waals surface area contributed by atoms with Crippen LogP contribution in [-0.4, -0.2) is 51.4 Å².